The van der Waals surface area contributed by atoms with E-state index in [9.17, 15) is 10.2 Å². The largest absolute Gasteiger partial charge is 0.507 e. The minimum Gasteiger partial charge on any atom is -0.507 e. The Balaban J connectivity index is 1.29. The van der Waals surface area contributed by atoms with Crippen LogP contribution in [0.4, 0.5) is 0 Å². The molecule has 2 heteroatoms. The van der Waals surface area contributed by atoms with E-state index in [2.05, 4.69) is 62.4 Å². The van der Waals surface area contributed by atoms with Crippen LogP contribution in [0.1, 0.15) is 47.9 Å². The molecule has 0 aromatic heterocycles. The van der Waals surface area contributed by atoms with Crippen molar-refractivity contribution in [1.29, 1.82) is 0 Å². The fourth-order valence-corrected chi connectivity index (χ4v) is 5.08. The van der Waals surface area contributed by atoms with Gasteiger partial charge in [0.1, 0.15) is 11.5 Å². The van der Waals surface area contributed by atoms with Crippen molar-refractivity contribution in [3.05, 3.63) is 119 Å². The molecule has 2 atom stereocenters. The Hall–Kier alpha value is -3.78. The number of rotatable bonds is 6. The fourth-order valence-electron chi connectivity index (χ4n) is 5.08. The maximum atomic E-state index is 10.8. The lowest BCUT2D eigenvalue weighted by atomic mass is 9.89. The van der Waals surface area contributed by atoms with Gasteiger partial charge in [0.25, 0.3) is 0 Å². The Morgan fingerprint density at radius 2 is 0.882 bits per heavy atom. The van der Waals surface area contributed by atoms with Crippen LogP contribution in [0.5, 0.6) is 11.5 Å². The maximum Gasteiger partial charge on any atom is 0.126 e. The van der Waals surface area contributed by atoms with Gasteiger partial charge in [0.2, 0.25) is 0 Å². The first-order chi connectivity index (χ1) is 16.5. The smallest absolute Gasteiger partial charge is 0.126 e. The molecular weight excluding hydrogens is 416 g/mol. The second-order valence-electron chi connectivity index (χ2n) is 9.48. The van der Waals surface area contributed by atoms with E-state index in [0.717, 1.165) is 45.5 Å². The topological polar surface area (TPSA) is 40.5 Å². The second-order valence-corrected chi connectivity index (χ2v) is 9.48. The van der Waals surface area contributed by atoms with Crippen LogP contribution in [0.25, 0.3) is 21.5 Å². The van der Waals surface area contributed by atoms with Gasteiger partial charge in [-0.1, -0.05) is 111 Å². The third kappa shape index (κ3) is 4.24. The molecule has 0 spiro atoms. The van der Waals surface area contributed by atoms with Crippen LogP contribution in [-0.4, -0.2) is 10.2 Å². The highest BCUT2D eigenvalue weighted by Crippen LogP contribution is 2.36. The van der Waals surface area contributed by atoms with Gasteiger partial charge in [-0.05, 0) is 57.7 Å². The Morgan fingerprint density at radius 3 is 1.29 bits per heavy atom. The molecule has 0 saturated heterocycles. The first kappa shape index (κ1) is 22.0. The van der Waals surface area contributed by atoms with Crippen molar-refractivity contribution in [2.24, 2.45) is 0 Å². The first-order valence-electron chi connectivity index (χ1n) is 12.0. The van der Waals surface area contributed by atoms with Crippen LogP contribution in [0.3, 0.4) is 0 Å². The zero-order valence-corrected chi connectivity index (χ0v) is 19.7. The summed E-state index contributed by atoms with van der Waals surface area (Å²) in [7, 11) is 0. The SMILES string of the molecule is CC(Cc1ccc(CC(C)c2ccc3ccccc3c2O)cc1)c1ccc2ccccc2c1O. The van der Waals surface area contributed by atoms with Gasteiger partial charge in [0.15, 0.2) is 0 Å². The quantitative estimate of drug-likeness (QED) is 0.277. The van der Waals surface area contributed by atoms with Crippen LogP contribution in [-0.2, 0) is 12.8 Å². The normalized spacial score (nSPS) is 13.2. The van der Waals surface area contributed by atoms with Crippen LogP contribution >= 0.6 is 0 Å². The Kier molecular flexibility index (Phi) is 5.98. The van der Waals surface area contributed by atoms with E-state index in [0.29, 0.717) is 11.5 Å². The molecule has 0 aliphatic heterocycles. The number of aromatic hydroxyl groups is 2. The van der Waals surface area contributed by atoms with Crippen molar-refractivity contribution in [2.75, 3.05) is 0 Å². The van der Waals surface area contributed by atoms with E-state index in [1.807, 2.05) is 48.5 Å². The number of benzene rings is 5. The number of phenolic OH excluding ortho intramolecular Hbond substituents is 2. The van der Waals surface area contributed by atoms with E-state index in [4.69, 9.17) is 0 Å². The minimum atomic E-state index is 0.212. The summed E-state index contributed by atoms with van der Waals surface area (Å²) in [6, 6.07) is 33.0. The summed E-state index contributed by atoms with van der Waals surface area (Å²) in [5.74, 6) is 1.21. The molecule has 0 aliphatic rings. The molecule has 0 radical (unpaired) electrons. The summed E-state index contributed by atoms with van der Waals surface area (Å²) >= 11 is 0. The van der Waals surface area contributed by atoms with E-state index in [1.54, 1.807) is 0 Å². The first-order valence-corrected chi connectivity index (χ1v) is 12.0. The van der Waals surface area contributed by atoms with E-state index in [-0.39, 0.29) is 11.8 Å². The number of hydrogen-bond donors (Lipinski definition) is 2. The maximum absolute atomic E-state index is 10.8. The van der Waals surface area contributed by atoms with Gasteiger partial charge in [-0.2, -0.15) is 0 Å². The lowest BCUT2D eigenvalue weighted by Gasteiger charge is -2.17. The summed E-state index contributed by atoms with van der Waals surface area (Å²) in [4.78, 5) is 0. The van der Waals surface area contributed by atoms with Gasteiger partial charge in [-0.3, -0.25) is 0 Å². The Labute approximate surface area is 201 Å². The van der Waals surface area contributed by atoms with E-state index < -0.39 is 0 Å². The molecule has 2 N–H and O–H groups in total. The molecule has 0 fully saturated rings. The third-order valence-corrected chi connectivity index (χ3v) is 7.03. The number of phenols is 2. The zero-order chi connectivity index (χ0) is 23.7. The van der Waals surface area contributed by atoms with Gasteiger partial charge in [0.05, 0.1) is 0 Å². The number of fused-ring (bicyclic) bond motifs is 2. The van der Waals surface area contributed by atoms with Crippen molar-refractivity contribution in [3.63, 3.8) is 0 Å². The predicted molar refractivity (Wildman–Crippen MR) is 142 cm³/mol. The molecular formula is C32H30O2. The fraction of sp³-hybridized carbons (Fsp3) is 0.188. The van der Waals surface area contributed by atoms with E-state index >= 15 is 0 Å². The molecule has 5 rings (SSSR count). The molecule has 170 valence electrons. The van der Waals surface area contributed by atoms with Gasteiger partial charge in [-0.15, -0.1) is 0 Å². The van der Waals surface area contributed by atoms with Gasteiger partial charge >= 0.3 is 0 Å². The van der Waals surface area contributed by atoms with Crippen molar-refractivity contribution in [1.82, 2.24) is 0 Å². The standard InChI is InChI=1S/C32H30O2/c1-21(27-17-15-25-7-3-5-9-29(25)31(27)33)19-23-11-13-24(14-12-23)20-22(2)28-18-16-26-8-4-6-10-30(26)32(28)34/h3-18,21-22,33-34H,19-20H2,1-2H3. The highest BCUT2D eigenvalue weighted by Gasteiger charge is 2.16. The lowest BCUT2D eigenvalue weighted by Crippen LogP contribution is -2.01. The zero-order valence-electron chi connectivity index (χ0n) is 19.7. The second kappa shape index (κ2) is 9.23. The molecule has 5 aromatic carbocycles. The molecule has 0 heterocycles. The average molecular weight is 447 g/mol. The molecule has 34 heavy (non-hydrogen) atoms. The molecule has 0 aliphatic carbocycles. The van der Waals surface area contributed by atoms with Crippen LogP contribution < -0.4 is 0 Å². The van der Waals surface area contributed by atoms with Crippen molar-refractivity contribution < 1.29 is 10.2 Å². The molecule has 5 aromatic rings. The summed E-state index contributed by atoms with van der Waals surface area (Å²) in [5, 5.41) is 25.6. The van der Waals surface area contributed by atoms with Gasteiger partial charge in [-0.25, -0.2) is 0 Å². The van der Waals surface area contributed by atoms with Crippen LogP contribution in [0, 0.1) is 0 Å². The van der Waals surface area contributed by atoms with Crippen LogP contribution in [0.15, 0.2) is 97.1 Å². The van der Waals surface area contributed by atoms with E-state index in [1.165, 1.54) is 11.1 Å². The monoisotopic (exact) mass is 446 g/mol. The summed E-state index contributed by atoms with van der Waals surface area (Å²) < 4.78 is 0. The van der Waals surface area contributed by atoms with Gasteiger partial charge < -0.3 is 10.2 Å². The molecule has 2 nitrogen and oxygen atoms in total. The van der Waals surface area contributed by atoms with Crippen molar-refractivity contribution >= 4 is 21.5 Å². The molecule has 2 unspecified atom stereocenters. The average Bonchev–Trinajstić information content (AvgIpc) is 2.86. The number of hydrogen-bond acceptors (Lipinski definition) is 2. The van der Waals surface area contributed by atoms with Gasteiger partial charge in [0, 0.05) is 10.8 Å². The summed E-state index contributed by atoms with van der Waals surface area (Å²) in [6.45, 7) is 4.34. The molecule has 0 bridgehead atoms. The lowest BCUT2D eigenvalue weighted by molar-refractivity contribution is 0.468. The summed E-state index contributed by atoms with van der Waals surface area (Å²) in [5.41, 5.74) is 4.49. The van der Waals surface area contributed by atoms with Crippen molar-refractivity contribution in [2.45, 2.75) is 38.5 Å². The highest BCUT2D eigenvalue weighted by atomic mass is 16.3. The third-order valence-electron chi connectivity index (χ3n) is 7.03. The van der Waals surface area contributed by atoms with Crippen molar-refractivity contribution in [3.8, 4) is 11.5 Å². The minimum absolute atomic E-state index is 0.212. The molecule has 0 saturated carbocycles. The summed E-state index contributed by atoms with van der Waals surface area (Å²) in [6.07, 6.45) is 1.74. The highest BCUT2D eigenvalue weighted by molar-refractivity contribution is 5.90. The van der Waals surface area contributed by atoms with Crippen LogP contribution in [0.2, 0.25) is 0 Å². The predicted octanol–water partition coefficient (Wildman–Crippen LogP) is 8.10. The Morgan fingerprint density at radius 1 is 0.500 bits per heavy atom. The Bertz CT molecular complexity index is 1340. The molecule has 0 amide bonds.